The van der Waals surface area contributed by atoms with Crippen LogP contribution in [-0.4, -0.2) is 18.4 Å². The average Bonchev–Trinajstić information content (AvgIpc) is 3.20. The van der Waals surface area contributed by atoms with Gasteiger partial charge in [0.2, 0.25) is 0 Å². The maximum atomic E-state index is 12.1. The van der Waals surface area contributed by atoms with E-state index in [-0.39, 0.29) is 25.2 Å². The monoisotopic (exact) mass is 341 g/mol. The summed E-state index contributed by atoms with van der Waals surface area (Å²) in [6.45, 7) is 0.0146. The van der Waals surface area contributed by atoms with E-state index < -0.39 is 5.97 Å². The molecule has 130 valence electrons. The van der Waals surface area contributed by atoms with Crippen molar-refractivity contribution in [3.63, 3.8) is 0 Å². The molecule has 0 spiro atoms. The summed E-state index contributed by atoms with van der Waals surface area (Å²) in [5.41, 5.74) is 13.7. The van der Waals surface area contributed by atoms with Crippen LogP contribution in [0.5, 0.6) is 0 Å². The molecule has 2 aromatic carbocycles. The highest BCUT2D eigenvalue weighted by Crippen LogP contribution is 2.11. The molecule has 0 radical (unpaired) electrons. The highest BCUT2D eigenvalue weighted by atomic mass is 16.5. The zero-order valence-corrected chi connectivity index (χ0v) is 13.4. The summed E-state index contributed by atoms with van der Waals surface area (Å²) in [6, 6.07) is 16.4. The first-order valence-electron chi connectivity index (χ1n) is 7.81. The number of nitrogens with one attached hydrogen (secondary N) is 5. The molecule has 25 heavy (non-hydrogen) atoms. The fourth-order valence-corrected chi connectivity index (χ4v) is 2.29. The van der Waals surface area contributed by atoms with Crippen molar-refractivity contribution < 1.29 is 14.3 Å². The topological polar surface area (TPSA) is 104 Å². The van der Waals surface area contributed by atoms with Crippen LogP contribution in [0.4, 0.5) is 0 Å². The third-order valence-electron chi connectivity index (χ3n) is 3.64. The number of esters is 1. The van der Waals surface area contributed by atoms with Crippen LogP contribution in [0.15, 0.2) is 54.6 Å². The number of hydrogen-bond acceptors (Lipinski definition) is 7. The van der Waals surface area contributed by atoms with Gasteiger partial charge in [-0.2, -0.15) is 11.1 Å². The minimum atomic E-state index is -0.481. The van der Waals surface area contributed by atoms with Crippen molar-refractivity contribution in [1.29, 1.82) is 0 Å². The molecule has 1 aliphatic rings. The fourth-order valence-electron chi connectivity index (χ4n) is 2.29. The number of ether oxygens (including phenoxy) is 1. The zero-order chi connectivity index (χ0) is 17.5. The van der Waals surface area contributed by atoms with Gasteiger partial charge in [-0.3, -0.25) is 9.59 Å². The summed E-state index contributed by atoms with van der Waals surface area (Å²) < 4.78 is 5.12. The van der Waals surface area contributed by atoms with E-state index >= 15 is 0 Å². The molecule has 1 saturated heterocycles. The second-order valence-corrected chi connectivity index (χ2v) is 5.42. The van der Waals surface area contributed by atoms with E-state index in [0.29, 0.717) is 5.56 Å². The van der Waals surface area contributed by atoms with E-state index in [1.54, 1.807) is 12.1 Å². The summed E-state index contributed by atoms with van der Waals surface area (Å²) in [5, 5.41) is 2.55. The average molecular weight is 341 g/mol. The number of hydrogen-bond donors (Lipinski definition) is 5. The first kappa shape index (κ1) is 17.1. The molecule has 2 aromatic rings. The molecule has 8 heteroatoms. The Morgan fingerprint density at radius 1 is 0.960 bits per heavy atom. The van der Waals surface area contributed by atoms with Gasteiger partial charge < -0.3 is 10.1 Å². The number of benzene rings is 2. The van der Waals surface area contributed by atoms with E-state index in [4.69, 9.17) is 4.74 Å². The lowest BCUT2D eigenvalue weighted by Crippen LogP contribution is -2.33. The Hall–Kier alpha value is -2.78. The number of carbonyl (C=O) groups is 2. The first-order valence-corrected chi connectivity index (χ1v) is 7.81. The molecule has 0 unspecified atom stereocenters. The van der Waals surface area contributed by atoms with E-state index in [9.17, 15) is 9.59 Å². The molecule has 0 saturated carbocycles. The van der Waals surface area contributed by atoms with Gasteiger partial charge in [0.1, 0.15) is 19.3 Å². The van der Waals surface area contributed by atoms with Crippen LogP contribution in [0.2, 0.25) is 0 Å². The highest BCUT2D eigenvalue weighted by molar-refractivity contribution is 5.95. The van der Waals surface area contributed by atoms with Crippen molar-refractivity contribution >= 4 is 11.9 Å². The predicted octanol–water partition coefficient (Wildman–Crippen LogP) is 0.275. The number of hydrazine groups is 3. The lowest BCUT2D eigenvalue weighted by Gasteiger charge is -2.10. The van der Waals surface area contributed by atoms with Crippen LogP contribution in [0.3, 0.4) is 0 Å². The second-order valence-electron chi connectivity index (χ2n) is 5.42. The van der Waals surface area contributed by atoms with Crippen molar-refractivity contribution in [1.82, 2.24) is 27.2 Å². The van der Waals surface area contributed by atoms with Crippen LogP contribution in [0.1, 0.15) is 27.7 Å². The molecule has 1 heterocycles. The Morgan fingerprint density at radius 2 is 1.64 bits per heavy atom. The van der Waals surface area contributed by atoms with Gasteiger partial charge in [-0.1, -0.05) is 42.5 Å². The number of carbonyl (C=O) groups excluding carboxylic acids is 2. The summed E-state index contributed by atoms with van der Waals surface area (Å²) >= 11 is 0. The van der Waals surface area contributed by atoms with E-state index in [1.807, 2.05) is 42.5 Å². The van der Waals surface area contributed by atoms with E-state index in [2.05, 4.69) is 27.2 Å². The van der Waals surface area contributed by atoms with Crippen molar-refractivity contribution in [3.05, 3.63) is 71.3 Å². The van der Waals surface area contributed by atoms with Crippen molar-refractivity contribution in [2.45, 2.75) is 12.8 Å². The van der Waals surface area contributed by atoms with E-state index in [0.717, 1.165) is 11.1 Å². The molecule has 8 nitrogen and oxygen atoms in total. The third-order valence-corrected chi connectivity index (χ3v) is 3.64. The first-order chi connectivity index (χ1) is 12.2. The maximum Gasteiger partial charge on any atom is 0.325 e. The fraction of sp³-hybridized carbons (Fsp3) is 0.176. The largest absolute Gasteiger partial charge is 0.460 e. The minimum Gasteiger partial charge on any atom is -0.460 e. The molecule has 0 bridgehead atoms. The molecule has 3 rings (SSSR count). The standard InChI is InChI=1S/C17H19N5O3/c23-15(25-11-12-4-2-1-3-5-12)10-18-17(24)14-8-6-13(7-9-14)16-19-21-22-20-16/h1-9,16,19-22H,10-11H2,(H,18,24). The summed E-state index contributed by atoms with van der Waals surface area (Å²) in [5.74, 6) is -0.808. The third kappa shape index (κ3) is 4.85. The lowest BCUT2D eigenvalue weighted by molar-refractivity contribution is -0.143. The van der Waals surface area contributed by atoms with Gasteiger partial charge in [-0.05, 0) is 23.3 Å². The molecule has 5 N–H and O–H groups in total. The summed E-state index contributed by atoms with van der Waals surface area (Å²) in [4.78, 5) is 23.8. The quantitative estimate of drug-likeness (QED) is 0.481. The predicted molar refractivity (Wildman–Crippen MR) is 90.3 cm³/mol. The van der Waals surface area contributed by atoms with Crippen molar-refractivity contribution in [2.75, 3.05) is 6.54 Å². The van der Waals surface area contributed by atoms with Crippen LogP contribution < -0.4 is 27.2 Å². The Labute approximate surface area is 144 Å². The lowest BCUT2D eigenvalue weighted by atomic mass is 10.1. The molecule has 0 aromatic heterocycles. The molecule has 0 aliphatic carbocycles. The van der Waals surface area contributed by atoms with Crippen LogP contribution in [0, 0.1) is 0 Å². The Balaban J connectivity index is 1.44. The highest BCUT2D eigenvalue weighted by Gasteiger charge is 2.15. The molecular weight excluding hydrogens is 322 g/mol. The van der Waals surface area contributed by atoms with Gasteiger partial charge in [-0.25, -0.2) is 10.9 Å². The molecular formula is C17H19N5O3. The Bertz CT molecular complexity index is 715. The van der Waals surface area contributed by atoms with Gasteiger partial charge in [-0.15, -0.1) is 0 Å². The van der Waals surface area contributed by atoms with Crippen LogP contribution in [-0.2, 0) is 16.1 Å². The number of rotatable bonds is 6. The smallest absolute Gasteiger partial charge is 0.325 e. The van der Waals surface area contributed by atoms with Crippen molar-refractivity contribution in [2.24, 2.45) is 0 Å². The van der Waals surface area contributed by atoms with Gasteiger partial charge in [0.15, 0.2) is 0 Å². The van der Waals surface area contributed by atoms with Gasteiger partial charge in [0.25, 0.3) is 5.91 Å². The molecule has 0 atom stereocenters. The van der Waals surface area contributed by atoms with Crippen LogP contribution in [0.25, 0.3) is 0 Å². The normalized spacial score (nSPS) is 14.2. The van der Waals surface area contributed by atoms with E-state index in [1.165, 1.54) is 0 Å². The summed E-state index contributed by atoms with van der Waals surface area (Å²) in [6.07, 6.45) is -0.0925. The molecule has 1 amide bonds. The second kappa shape index (κ2) is 8.36. The zero-order valence-electron chi connectivity index (χ0n) is 13.4. The van der Waals surface area contributed by atoms with Gasteiger partial charge in [0, 0.05) is 5.56 Å². The Morgan fingerprint density at radius 3 is 2.32 bits per heavy atom. The van der Waals surface area contributed by atoms with Gasteiger partial charge in [0.05, 0.1) is 0 Å². The summed E-state index contributed by atoms with van der Waals surface area (Å²) in [7, 11) is 0. The minimum absolute atomic E-state index is 0.0925. The maximum absolute atomic E-state index is 12.1. The Kier molecular flexibility index (Phi) is 5.70. The van der Waals surface area contributed by atoms with Crippen LogP contribution >= 0.6 is 0 Å². The molecule has 1 fully saturated rings. The van der Waals surface area contributed by atoms with Gasteiger partial charge >= 0.3 is 5.97 Å². The number of amides is 1. The SMILES string of the molecule is O=C(CNC(=O)c1ccc(C2NNNN2)cc1)OCc1ccccc1. The van der Waals surface area contributed by atoms with Crippen molar-refractivity contribution in [3.8, 4) is 0 Å². The molecule has 1 aliphatic heterocycles.